The molecule has 1 heterocycles. The molecule has 0 unspecified atom stereocenters. The highest BCUT2D eigenvalue weighted by Gasteiger charge is 2.19. The van der Waals surface area contributed by atoms with E-state index in [9.17, 15) is 10.1 Å². The summed E-state index contributed by atoms with van der Waals surface area (Å²) in [6.45, 7) is 0. The number of nitrogens with two attached hydrogens (primary N) is 1. The first-order chi connectivity index (χ1) is 9.51. The Labute approximate surface area is 127 Å². The van der Waals surface area contributed by atoms with Crippen LogP contribution in [-0.2, 0) is 0 Å². The molecule has 0 aliphatic rings. The molecule has 0 saturated carbocycles. The molecular weight excluding hydrogens is 352 g/mol. The molecule has 3 N–H and O–H groups in total. The number of nitrogens with one attached hydrogen (secondary N) is 1. The van der Waals surface area contributed by atoms with Gasteiger partial charge in [-0.3, -0.25) is 10.1 Å². The summed E-state index contributed by atoms with van der Waals surface area (Å²) in [6, 6.07) is 7.50. The molecule has 1 aromatic heterocycles. The van der Waals surface area contributed by atoms with Crippen LogP contribution < -0.4 is 16.0 Å². The maximum absolute atomic E-state index is 11.0. The summed E-state index contributed by atoms with van der Waals surface area (Å²) >= 11 is 9.23. The van der Waals surface area contributed by atoms with E-state index in [1.165, 1.54) is 12.1 Å². The molecule has 7 nitrogen and oxygen atoms in total. The Balaban J connectivity index is 2.45. The van der Waals surface area contributed by atoms with Gasteiger partial charge in [-0.05, 0) is 24.3 Å². The third-order valence-corrected chi connectivity index (χ3v) is 3.09. The SMILES string of the molecule is NNc1ccc([N+](=O)[O-])c(Oc2cc(Br)ccc2Cl)n1. The Morgan fingerprint density at radius 2 is 2.15 bits per heavy atom. The maximum atomic E-state index is 11.0. The number of nitrogens with zero attached hydrogens (tertiary/aromatic N) is 2. The second-order valence-electron chi connectivity index (χ2n) is 3.60. The van der Waals surface area contributed by atoms with E-state index in [1.54, 1.807) is 18.2 Å². The number of hydrogen-bond donors (Lipinski definition) is 2. The van der Waals surface area contributed by atoms with Gasteiger partial charge in [0.05, 0.1) is 9.95 Å². The fraction of sp³-hybridized carbons (Fsp3) is 0. The van der Waals surface area contributed by atoms with Gasteiger partial charge >= 0.3 is 11.6 Å². The highest BCUT2D eigenvalue weighted by atomic mass is 79.9. The van der Waals surface area contributed by atoms with Gasteiger partial charge in [-0.1, -0.05) is 27.5 Å². The maximum Gasteiger partial charge on any atom is 0.331 e. The molecule has 0 amide bonds. The number of nitro groups is 1. The number of ether oxygens (including phenoxy) is 1. The number of hydrazine groups is 1. The Morgan fingerprint density at radius 3 is 2.80 bits per heavy atom. The normalized spacial score (nSPS) is 10.2. The monoisotopic (exact) mass is 358 g/mol. The van der Waals surface area contributed by atoms with Gasteiger partial charge in [0.1, 0.15) is 11.6 Å². The minimum Gasteiger partial charge on any atom is -0.432 e. The van der Waals surface area contributed by atoms with Crippen LogP contribution in [0.2, 0.25) is 5.02 Å². The van der Waals surface area contributed by atoms with Crippen LogP contribution in [0, 0.1) is 10.1 Å². The van der Waals surface area contributed by atoms with Crippen LogP contribution in [0.4, 0.5) is 11.5 Å². The Bertz CT molecular complexity index is 668. The van der Waals surface area contributed by atoms with Crippen molar-refractivity contribution >= 4 is 39.0 Å². The standard InChI is InChI=1S/C11H8BrClN4O3/c12-6-1-2-7(13)9(5-6)20-11-8(17(18)19)3-4-10(15-11)16-14/h1-5H,14H2,(H,15,16). The van der Waals surface area contributed by atoms with Crippen molar-refractivity contribution in [3.63, 3.8) is 0 Å². The highest BCUT2D eigenvalue weighted by Crippen LogP contribution is 2.35. The predicted octanol–water partition coefficient (Wildman–Crippen LogP) is 3.48. The van der Waals surface area contributed by atoms with Crippen LogP contribution >= 0.6 is 27.5 Å². The lowest BCUT2D eigenvalue weighted by molar-refractivity contribution is -0.386. The number of nitrogen functional groups attached to an aromatic ring is 1. The van der Waals surface area contributed by atoms with Crippen LogP contribution in [0.1, 0.15) is 0 Å². The third kappa shape index (κ3) is 3.16. The van der Waals surface area contributed by atoms with Crippen LogP contribution in [0.5, 0.6) is 11.6 Å². The Hall–Kier alpha value is -1.90. The van der Waals surface area contributed by atoms with E-state index in [-0.39, 0.29) is 23.1 Å². The van der Waals surface area contributed by atoms with Crippen LogP contribution in [0.15, 0.2) is 34.8 Å². The highest BCUT2D eigenvalue weighted by molar-refractivity contribution is 9.10. The fourth-order valence-electron chi connectivity index (χ4n) is 1.39. The molecule has 104 valence electrons. The summed E-state index contributed by atoms with van der Waals surface area (Å²) in [5.74, 6) is 5.49. The molecule has 0 saturated heterocycles. The van der Waals surface area contributed by atoms with Gasteiger partial charge in [-0.15, -0.1) is 0 Å². The molecular formula is C11H8BrClN4O3. The zero-order chi connectivity index (χ0) is 14.7. The van der Waals surface area contributed by atoms with Gasteiger partial charge < -0.3 is 10.2 Å². The minimum atomic E-state index is -0.603. The molecule has 2 aromatic rings. The number of benzene rings is 1. The number of aromatic nitrogens is 1. The number of anilines is 1. The Morgan fingerprint density at radius 1 is 1.40 bits per heavy atom. The average molecular weight is 360 g/mol. The molecule has 0 radical (unpaired) electrons. The molecule has 0 aliphatic heterocycles. The summed E-state index contributed by atoms with van der Waals surface area (Å²) in [6.07, 6.45) is 0. The van der Waals surface area contributed by atoms with E-state index in [0.29, 0.717) is 9.50 Å². The summed E-state index contributed by atoms with van der Waals surface area (Å²) < 4.78 is 6.13. The van der Waals surface area contributed by atoms with Crippen LogP contribution in [0.3, 0.4) is 0 Å². The lowest BCUT2D eigenvalue weighted by atomic mass is 10.3. The molecule has 0 aliphatic carbocycles. The lowest BCUT2D eigenvalue weighted by Gasteiger charge is -2.08. The summed E-state index contributed by atoms with van der Waals surface area (Å²) in [4.78, 5) is 14.3. The summed E-state index contributed by atoms with van der Waals surface area (Å²) in [5, 5.41) is 11.3. The van der Waals surface area contributed by atoms with Gasteiger partial charge in [-0.25, -0.2) is 5.84 Å². The van der Waals surface area contributed by atoms with Gasteiger partial charge in [0.2, 0.25) is 0 Å². The molecule has 0 atom stereocenters. The van der Waals surface area contributed by atoms with E-state index in [4.69, 9.17) is 22.2 Å². The lowest BCUT2D eigenvalue weighted by Crippen LogP contribution is -2.09. The smallest absolute Gasteiger partial charge is 0.331 e. The van der Waals surface area contributed by atoms with Gasteiger partial charge in [0.15, 0.2) is 0 Å². The number of pyridine rings is 1. The average Bonchev–Trinajstić information content (AvgIpc) is 2.42. The van der Waals surface area contributed by atoms with Crippen LogP contribution in [-0.4, -0.2) is 9.91 Å². The largest absolute Gasteiger partial charge is 0.432 e. The second kappa shape index (κ2) is 6.04. The van der Waals surface area contributed by atoms with Crippen LogP contribution in [0.25, 0.3) is 0 Å². The van der Waals surface area contributed by atoms with Gasteiger partial charge in [-0.2, -0.15) is 4.98 Å². The zero-order valence-electron chi connectivity index (χ0n) is 9.84. The van der Waals surface area contributed by atoms with E-state index in [0.717, 1.165) is 0 Å². The summed E-state index contributed by atoms with van der Waals surface area (Å²) in [7, 11) is 0. The predicted molar refractivity (Wildman–Crippen MR) is 77.9 cm³/mol. The molecule has 0 bridgehead atoms. The van der Waals surface area contributed by atoms with Crippen molar-refractivity contribution in [2.24, 2.45) is 5.84 Å². The quantitative estimate of drug-likeness (QED) is 0.492. The molecule has 9 heteroatoms. The molecule has 0 fully saturated rings. The number of rotatable bonds is 4. The third-order valence-electron chi connectivity index (χ3n) is 2.28. The molecule has 0 spiro atoms. The van der Waals surface area contributed by atoms with Crippen molar-refractivity contribution in [2.75, 3.05) is 5.43 Å². The molecule has 1 aromatic carbocycles. The molecule has 20 heavy (non-hydrogen) atoms. The van der Waals surface area contributed by atoms with Crippen molar-refractivity contribution in [3.8, 4) is 11.6 Å². The second-order valence-corrected chi connectivity index (χ2v) is 4.92. The van der Waals surface area contributed by atoms with Crippen molar-refractivity contribution in [1.29, 1.82) is 0 Å². The summed E-state index contributed by atoms with van der Waals surface area (Å²) in [5.41, 5.74) is 2.00. The van der Waals surface area contributed by atoms with Crippen molar-refractivity contribution < 1.29 is 9.66 Å². The first kappa shape index (κ1) is 14.5. The first-order valence-electron chi connectivity index (χ1n) is 5.26. The zero-order valence-corrected chi connectivity index (χ0v) is 12.2. The number of halogens is 2. The minimum absolute atomic E-state index is 0.203. The molecule has 2 rings (SSSR count). The van der Waals surface area contributed by atoms with Crippen molar-refractivity contribution in [1.82, 2.24) is 4.98 Å². The van der Waals surface area contributed by atoms with Crippen molar-refractivity contribution in [3.05, 3.63) is 49.9 Å². The van der Waals surface area contributed by atoms with E-state index in [2.05, 4.69) is 26.3 Å². The topological polar surface area (TPSA) is 103 Å². The van der Waals surface area contributed by atoms with E-state index >= 15 is 0 Å². The number of hydrogen-bond acceptors (Lipinski definition) is 6. The van der Waals surface area contributed by atoms with E-state index in [1.807, 2.05) is 0 Å². The van der Waals surface area contributed by atoms with Gasteiger partial charge in [0.25, 0.3) is 0 Å². The Kier molecular flexibility index (Phi) is 4.38. The van der Waals surface area contributed by atoms with E-state index < -0.39 is 4.92 Å². The first-order valence-corrected chi connectivity index (χ1v) is 6.43. The van der Waals surface area contributed by atoms with Gasteiger partial charge in [0, 0.05) is 10.5 Å². The fourth-order valence-corrected chi connectivity index (χ4v) is 1.88. The van der Waals surface area contributed by atoms with Crippen molar-refractivity contribution in [2.45, 2.75) is 0 Å².